The van der Waals surface area contributed by atoms with Crippen molar-refractivity contribution in [2.45, 2.75) is 25.9 Å². The highest BCUT2D eigenvalue weighted by molar-refractivity contribution is 5.89. The Morgan fingerprint density at radius 3 is 3.00 bits per heavy atom. The Bertz CT molecular complexity index is 464. The molecular formula is C15H23N3O2. The molecule has 0 saturated carbocycles. The van der Waals surface area contributed by atoms with Crippen LogP contribution in [0.4, 0.5) is 10.5 Å². The fourth-order valence-corrected chi connectivity index (χ4v) is 2.28. The molecule has 0 bridgehead atoms. The van der Waals surface area contributed by atoms with Gasteiger partial charge in [-0.1, -0.05) is 12.1 Å². The van der Waals surface area contributed by atoms with Crippen molar-refractivity contribution >= 4 is 11.7 Å². The molecule has 1 fully saturated rings. The monoisotopic (exact) mass is 277 g/mol. The van der Waals surface area contributed by atoms with Gasteiger partial charge in [-0.2, -0.15) is 0 Å². The molecule has 2 amide bonds. The largest absolute Gasteiger partial charge is 0.377 e. The number of rotatable bonds is 3. The number of nitrogens with zero attached hydrogens (tertiary/aromatic N) is 1. The van der Waals surface area contributed by atoms with Gasteiger partial charge in [-0.15, -0.1) is 0 Å². The first-order valence-electron chi connectivity index (χ1n) is 7.04. The Balaban J connectivity index is 2.03. The van der Waals surface area contributed by atoms with E-state index in [0.29, 0.717) is 19.8 Å². The van der Waals surface area contributed by atoms with Gasteiger partial charge in [0.2, 0.25) is 0 Å². The second kappa shape index (κ2) is 6.72. The van der Waals surface area contributed by atoms with E-state index < -0.39 is 0 Å². The maximum absolute atomic E-state index is 12.3. The van der Waals surface area contributed by atoms with Crippen molar-refractivity contribution in [1.29, 1.82) is 0 Å². The third-order valence-electron chi connectivity index (χ3n) is 3.70. The number of benzene rings is 1. The standard InChI is InChI=1S/C15H23N3O2/c1-11-10-20-8-7-18(11)15(19)17-14-6-4-5-13(9-14)12(2)16-3/h4-6,9,11-12,16H,7-8,10H2,1-3H3,(H,17,19). The Hall–Kier alpha value is -1.59. The second-order valence-electron chi connectivity index (χ2n) is 5.18. The number of amides is 2. The van der Waals surface area contributed by atoms with Crippen molar-refractivity contribution in [3.05, 3.63) is 29.8 Å². The topological polar surface area (TPSA) is 53.6 Å². The molecule has 1 heterocycles. The van der Waals surface area contributed by atoms with Crippen LogP contribution in [0.5, 0.6) is 0 Å². The number of hydrogen-bond acceptors (Lipinski definition) is 3. The van der Waals surface area contributed by atoms with Crippen molar-refractivity contribution in [2.75, 3.05) is 32.1 Å². The zero-order valence-corrected chi connectivity index (χ0v) is 12.3. The molecule has 2 unspecified atom stereocenters. The number of anilines is 1. The van der Waals surface area contributed by atoms with E-state index in [1.54, 1.807) is 0 Å². The number of urea groups is 1. The van der Waals surface area contributed by atoms with Crippen molar-refractivity contribution < 1.29 is 9.53 Å². The molecule has 2 N–H and O–H groups in total. The Labute approximate surface area is 120 Å². The van der Waals surface area contributed by atoms with Gasteiger partial charge in [-0.25, -0.2) is 4.79 Å². The Kier molecular flexibility index (Phi) is 4.98. The highest BCUT2D eigenvalue weighted by Crippen LogP contribution is 2.18. The maximum Gasteiger partial charge on any atom is 0.322 e. The minimum absolute atomic E-state index is 0.0601. The lowest BCUT2D eigenvalue weighted by atomic mass is 10.1. The predicted octanol–water partition coefficient (Wildman–Crippen LogP) is 2.22. The molecule has 0 aromatic heterocycles. The summed E-state index contributed by atoms with van der Waals surface area (Å²) in [5.41, 5.74) is 1.98. The molecule has 5 nitrogen and oxygen atoms in total. The maximum atomic E-state index is 12.3. The van der Waals surface area contributed by atoms with Crippen LogP contribution < -0.4 is 10.6 Å². The fraction of sp³-hybridized carbons (Fsp3) is 0.533. The molecule has 20 heavy (non-hydrogen) atoms. The number of hydrogen-bond donors (Lipinski definition) is 2. The molecule has 1 aromatic carbocycles. The summed E-state index contributed by atoms with van der Waals surface area (Å²) >= 11 is 0. The highest BCUT2D eigenvalue weighted by atomic mass is 16.5. The van der Waals surface area contributed by atoms with Crippen LogP contribution in [0, 0.1) is 0 Å². The van der Waals surface area contributed by atoms with Gasteiger partial charge in [0.05, 0.1) is 19.3 Å². The minimum atomic E-state index is -0.0601. The Morgan fingerprint density at radius 2 is 2.30 bits per heavy atom. The van der Waals surface area contributed by atoms with Crippen LogP contribution in [0.25, 0.3) is 0 Å². The SMILES string of the molecule is CNC(C)c1cccc(NC(=O)N2CCOCC2C)c1. The molecule has 0 radical (unpaired) electrons. The summed E-state index contributed by atoms with van der Waals surface area (Å²) in [6.45, 7) is 5.93. The summed E-state index contributed by atoms with van der Waals surface area (Å²) in [7, 11) is 1.92. The van der Waals surface area contributed by atoms with E-state index in [-0.39, 0.29) is 18.1 Å². The van der Waals surface area contributed by atoms with Crippen LogP contribution in [-0.2, 0) is 4.74 Å². The third-order valence-corrected chi connectivity index (χ3v) is 3.70. The molecule has 1 aliphatic rings. The first kappa shape index (κ1) is 14.8. The smallest absolute Gasteiger partial charge is 0.322 e. The van der Waals surface area contributed by atoms with Crippen LogP contribution in [-0.4, -0.2) is 43.8 Å². The first-order chi connectivity index (χ1) is 9.61. The fourth-order valence-electron chi connectivity index (χ4n) is 2.28. The van der Waals surface area contributed by atoms with Crippen molar-refractivity contribution in [1.82, 2.24) is 10.2 Å². The van der Waals surface area contributed by atoms with Gasteiger partial charge in [-0.3, -0.25) is 0 Å². The van der Waals surface area contributed by atoms with E-state index in [9.17, 15) is 4.79 Å². The average molecular weight is 277 g/mol. The molecule has 1 saturated heterocycles. The van der Waals surface area contributed by atoms with E-state index in [1.165, 1.54) is 0 Å². The molecule has 2 atom stereocenters. The molecule has 110 valence electrons. The summed E-state index contributed by atoms with van der Waals surface area (Å²) in [5, 5.41) is 6.16. The third kappa shape index (κ3) is 3.49. The zero-order valence-electron chi connectivity index (χ0n) is 12.3. The molecule has 2 rings (SSSR count). The predicted molar refractivity (Wildman–Crippen MR) is 79.9 cm³/mol. The summed E-state index contributed by atoms with van der Waals surface area (Å²) in [6.07, 6.45) is 0. The number of nitrogens with one attached hydrogen (secondary N) is 2. The lowest BCUT2D eigenvalue weighted by Gasteiger charge is -2.33. The summed E-state index contributed by atoms with van der Waals surface area (Å²) in [6, 6.07) is 8.24. The second-order valence-corrected chi connectivity index (χ2v) is 5.18. The zero-order chi connectivity index (χ0) is 14.5. The van der Waals surface area contributed by atoms with Gasteiger partial charge in [0.1, 0.15) is 0 Å². The van der Waals surface area contributed by atoms with Crippen LogP contribution in [0.1, 0.15) is 25.5 Å². The van der Waals surface area contributed by atoms with Gasteiger partial charge < -0.3 is 20.3 Å². The van der Waals surface area contributed by atoms with Crippen LogP contribution >= 0.6 is 0 Å². The van der Waals surface area contributed by atoms with Crippen molar-refractivity contribution in [2.24, 2.45) is 0 Å². The van der Waals surface area contributed by atoms with Crippen molar-refractivity contribution in [3.8, 4) is 0 Å². The molecule has 0 aliphatic carbocycles. The van der Waals surface area contributed by atoms with Crippen LogP contribution in [0.3, 0.4) is 0 Å². The number of ether oxygens (including phenoxy) is 1. The van der Waals surface area contributed by atoms with Crippen molar-refractivity contribution in [3.63, 3.8) is 0 Å². The summed E-state index contributed by atoms with van der Waals surface area (Å²) in [5.74, 6) is 0. The van der Waals surface area contributed by atoms with E-state index in [1.807, 2.05) is 43.1 Å². The van der Waals surface area contributed by atoms with E-state index >= 15 is 0 Å². The van der Waals surface area contributed by atoms with Gasteiger partial charge in [0.15, 0.2) is 0 Å². The van der Waals surface area contributed by atoms with Gasteiger partial charge in [-0.05, 0) is 38.6 Å². The quantitative estimate of drug-likeness (QED) is 0.890. The van der Waals surface area contributed by atoms with E-state index in [4.69, 9.17) is 4.74 Å². The van der Waals surface area contributed by atoms with Gasteiger partial charge in [0, 0.05) is 18.3 Å². The molecular weight excluding hydrogens is 254 g/mol. The van der Waals surface area contributed by atoms with Crippen LogP contribution in [0.2, 0.25) is 0 Å². The van der Waals surface area contributed by atoms with Gasteiger partial charge in [0.25, 0.3) is 0 Å². The number of morpholine rings is 1. The number of carbonyl (C=O) groups is 1. The highest BCUT2D eigenvalue weighted by Gasteiger charge is 2.23. The van der Waals surface area contributed by atoms with Crippen LogP contribution in [0.15, 0.2) is 24.3 Å². The molecule has 1 aromatic rings. The average Bonchev–Trinajstić information content (AvgIpc) is 2.47. The normalized spacial score (nSPS) is 20.6. The lowest BCUT2D eigenvalue weighted by molar-refractivity contribution is 0.0222. The van der Waals surface area contributed by atoms with Gasteiger partial charge >= 0.3 is 6.03 Å². The van der Waals surface area contributed by atoms with E-state index in [2.05, 4.69) is 17.6 Å². The van der Waals surface area contributed by atoms with E-state index in [0.717, 1.165) is 11.3 Å². The lowest BCUT2D eigenvalue weighted by Crippen LogP contribution is -2.48. The molecule has 1 aliphatic heterocycles. The Morgan fingerprint density at radius 1 is 1.50 bits per heavy atom. The minimum Gasteiger partial charge on any atom is -0.377 e. The summed E-state index contributed by atoms with van der Waals surface area (Å²) < 4.78 is 5.35. The summed E-state index contributed by atoms with van der Waals surface area (Å²) in [4.78, 5) is 14.1. The molecule has 5 heteroatoms. The molecule has 0 spiro atoms. The first-order valence-corrected chi connectivity index (χ1v) is 7.04. The number of carbonyl (C=O) groups excluding carboxylic acids is 1.